The first-order chi connectivity index (χ1) is 9.13. The molecule has 102 valence electrons. The van der Waals surface area contributed by atoms with Crippen molar-refractivity contribution in [2.75, 3.05) is 13.6 Å². The highest BCUT2D eigenvalue weighted by molar-refractivity contribution is 5.83. The van der Waals surface area contributed by atoms with E-state index in [2.05, 4.69) is 55.6 Å². The summed E-state index contributed by atoms with van der Waals surface area (Å²) in [6.45, 7) is 5.08. The molecule has 0 aliphatic carbocycles. The van der Waals surface area contributed by atoms with Gasteiger partial charge in [0, 0.05) is 6.04 Å². The smallest absolute Gasteiger partial charge is 0.0320 e. The molecule has 2 nitrogen and oxygen atoms in total. The molecule has 0 saturated heterocycles. The van der Waals surface area contributed by atoms with Gasteiger partial charge in [0.1, 0.15) is 0 Å². The largest absolute Gasteiger partial charge is 0.330 e. The third-order valence-corrected chi connectivity index (χ3v) is 3.81. The maximum atomic E-state index is 5.73. The quantitative estimate of drug-likeness (QED) is 0.860. The van der Waals surface area contributed by atoms with Gasteiger partial charge in [-0.2, -0.15) is 0 Å². The first kappa shape index (κ1) is 14.0. The van der Waals surface area contributed by atoms with Crippen LogP contribution in [0.4, 0.5) is 0 Å². The van der Waals surface area contributed by atoms with Gasteiger partial charge in [0.15, 0.2) is 0 Å². The summed E-state index contributed by atoms with van der Waals surface area (Å²) in [6.07, 6.45) is 1.07. The minimum absolute atomic E-state index is 0.379. The summed E-state index contributed by atoms with van der Waals surface area (Å²) >= 11 is 0. The molecular formula is C17H24N2. The molecular weight excluding hydrogens is 232 g/mol. The Balaban J connectivity index is 2.30. The topological polar surface area (TPSA) is 38.0 Å². The van der Waals surface area contributed by atoms with Crippen LogP contribution in [-0.4, -0.2) is 13.6 Å². The minimum Gasteiger partial charge on any atom is -0.330 e. The first-order valence-corrected chi connectivity index (χ1v) is 7.01. The van der Waals surface area contributed by atoms with E-state index in [9.17, 15) is 0 Å². The van der Waals surface area contributed by atoms with Crippen molar-refractivity contribution in [2.45, 2.75) is 26.3 Å². The molecule has 19 heavy (non-hydrogen) atoms. The number of nitrogens with two attached hydrogens (primary N) is 1. The molecule has 0 aliphatic rings. The number of rotatable bonds is 5. The monoisotopic (exact) mass is 256 g/mol. The van der Waals surface area contributed by atoms with Gasteiger partial charge in [-0.3, -0.25) is 0 Å². The summed E-state index contributed by atoms with van der Waals surface area (Å²) in [5, 5.41) is 6.02. The maximum Gasteiger partial charge on any atom is 0.0320 e. The van der Waals surface area contributed by atoms with E-state index in [-0.39, 0.29) is 0 Å². The summed E-state index contributed by atoms with van der Waals surface area (Å²) < 4.78 is 0. The molecule has 0 radical (unpaired) electrons. The lowest BCUT2D eigenvalue weighted by Gasteiger charge is -2.20. The zero-order valence-corrected chi connectivity index (χ0v) is 12.1. The molecule has 3 N–H and O–H groups in total. The predicted molar refractivity (Wildman–Crippen MR) is 83.3 cm³/mol. The van der Waals surface area contributed by atoms with Crippen LogP contribution in [0.1, 0.15) is 30.5 Å². The molecule has 0 fully saturated rings. The van der Waals surface area contributed by atoms with Crippen LogP contribution in [0.2, 0.25) is 0 Å². The average Bonchev–Trinajstić information content (AvgIpc) is 2.43. The van der Waals surface area contributed by atoms with Crippen molar-refractivity contribution in [2.24, 2.45) is 11.7 Å². The van der Waals surface area contributed by atoms with Gasteiger partial charge in [-0.05, 0) is 55.3 Å². The molecule has 0 spiro atoms. The second-order valence-corrected chi connectivity index (χ2v) is 5.53. The number of hydrogen-bond donors (Lipinski definition) is 2. The van der Waals surface area contributed by atoms with Crippen molar-refractivity contribution in [1.82, 2.24) is 5.32 Å². The van der Waals surface area contributed by atoms with Gasteiger partial charge in [0.25, 0.3) is 0 Å². The molecule has 0 amide bonds. The van der Waals surface area contributed by atoms with Gasteiger partial charge in [0.05, 0.1) is 0 Å². The molecule has 2 aromatic carbocycles. The van der Waals surface area contributed by atoms with Crippen LogP contribution in [0.3, 0.4) is 0 Å². The van der Waals surface area contributed by atoms with E-state index in [0.717, 1.165) is 13.0 Å². The lowest BCUT2D eigenvalue weighted by molar-refractivity contribution is 0.438. The Morgan fingerprint density at radius 3 is 2.47 bits per heavy atom. The number of hydrogen-bond acceptors (Lipinski definition) is 2. The summed E-state index contributed by atoms with van der Waals surface area (Å²) in [7, 11) is 2.02. The van der Waals surface area contributed by atoms with Gasteiger partial charge >= 0.3 is 0 Å². The molecule has 0 saturated carbocycles. The van der Waals surface area contributed by atoms with Gasteiger partial charge in [0.2, 0.25) is 0 Å². The van der Waals surface area contributed by atoms with E-state index < -0.39 is 0 Å². The average molecular weight is 256 g/mol. The Labute approximate surface area is 116 Å². The van der Waals surface area contributed by atoms with Crippen molar-refractivity contribution in [3.63, 3.8) is 0 Å². The van der Waals surface area contributed by atoms with E-state index >= 15 is 0 Å². The Bertz CT molecular complexity index is 548. The molecule has 0 heterocycles. The van der Waals surface area contributed by atoms with E-state index in [1.807, 2.05) is 7.05 Å². The SMILES string of the molecule is CNC(CC(C)CN)c1ccc2cc(C)ccc2c1. The second kappa shape index (κ2) is 6.18. The van der Waals surface area contributed by atoms with E-state index in [1.54, 1.807) is 0 Å². The zero-order chi connectivity index (χ0) is 13.8. The van der Waals surface area contributed by atoms with Crippen molar-refractivity contribution in [3.8, 4) is 0 Å². The van der Waals surface area contributed by atoms with Crippen LogP contribution in [0.15, 0.2) is 36.4 Å². The molecule has 2 aromatic rings. The molecule has 2 rings (SSSR count). The Kier molecular flexibility index (Phi) is 4.56. The summed E-state index contributed by atoms with van der Waals surface area (Å²) in [6, 6.07) is 13.7. The highest BCUT2D eigenvalue weighted by Crippen LogP contribution is 2.25. The number of fused-ring (bicyclic) bond motifs is 1. The lowest BCUT2D eigenvalue weighted by atomic mass is 9.94. The third kappa shape index (κ3) is 3.34. The van der Waals surface area contributed by atoms with Crippen molar-refractivity contribution in [3.05, 3.63) is 47.5 Å². The molecule has 0 bridgehead atoms. The van der Waals surface area contributed by atoms with Crippen LogP contribution < -0.4 is 11.1 Å². The highest BCUT2D eigenvalue weighted by atomic mass is 14.9. The summed E-state index contributed by atoms with van der Waals surface area (Å²) in [5.74, 6) is 0.533. The molecule has 2 unspecified atom stereocenters. The number of benzene rings is 2. The standard InChI is InChI=1S/C17H24N2/c1-12-4-5-15-10-16(7-6-14(15)8-12)17(19-3)9-13(2)11-18/h4-8,10,13,17,19H,9,11,18H2,1-3H3. The Morgan fingerprint density at radius 1 is 1.11 bits per heavy atom. The second-order valence-electron chi connectivity index (χ2n) is 5.53. The fourth-order valence-electron chi connectivity index (χ4n) is 2.52. The van der Waals surface area contributed by atoms with Crippen molar-refractivity contribution >= 4 is 10.8 Å². The van der Waals surface area contributed by atoms with Crippen LogP contribution in [0.5, 0.6) is 0 Å². The summed E-state index contributed by atoms with van der Waals surface area (Å²) in [5.41, 5.74) is 8.39. The molecule has 2 atom stereocenters. The van der Waals surface area contributed by atoms with Crippen LogP contribution in [0.25, 0.3) is 10.8 Å². The number of nitrogens with one attached hydrogen (secondary N) is 1. The highest BCUT2D eigenvalue weighted by Gasteiger charge is 2.13. The van der Waals surface area contributed by atoms with E-state index in [0.29, 0.717) is 12.0 Å². The van der Waals surface area contributed by atoms with Crippen molar-refractivity contribution < 1.29 is 0 Å². The van der Waals surface area contributed by atoms with Gasteiger partial charge in [-0.1, -0.05) is 42.8 Å². The minimum atomic E-state index is 0.379. The third-order valence-electron chi connectivity index (χ3n) is 3.81. The zero-order valence-electron chi connectivity index (χ0n) is 12.1. The summed E-state index contributed by atoms with van der Waals surface area (Å²) in [4.78, 5) is 0. The predicted octanol–water partition coefficient (Wildman–Crippen LogP) is 3.39. The molecule has 0 aromatic heterocycles. The van der Waals surface area contributed by atoms with Crippen LogP contribution in [-0.2, 0) is 0 Å². The lowest BCUT2D eigenvalue weighted by Crippen LogP contribution is -2.22. The molecule has 0 aliphatic heterocycles. The first-order valence-electron chi connectivity index (χ1n) is 7.01. The Morgan fingerprint density at radius 2 is 1.79 bits per heavy atom. The molecule has 2 heteroatoms. The normalized spacial score (nSPS) is 14.5. The van der Waals surface area contributed by atoms with Gasteiger partial charge in [-0.15, -0.1) is 0 Å². The van der Waals surface area contributed by atoms with E-state index in [4.69, 9.17) is 5.73 Å². The fourth-order valence-corrected chi connectivity index (χ4v) is 2.52. The van der Waals surface area contributed by atoms with Gasteiger partial charge in [-0.25, -0.2) is 0 Å². The van der Waals surface area contributed by atoms with Gasteiger partial charge < -0.3 is 11.1 Å². The number of aryl methyl sites for hydroxylation is 1. The van der Waals surface area contributed by atoms with Crippen molar-refractivity contribution in [1.29, 1.82) is 0 Å². The van der Waals surface area contributed by atoms with Crippen LogP contribution >= 0.6 is 0 Å². The van der Waals surface area contributed by atoms with Crippen LogP contribution in [0, 0.1) is 12.8 Å². The Hall–Kier alpha value is -1.38. The maximum absolute atomic E-state index is 5.73. The van der Waals surface area contributed by atoms with E-state index in [1.165, 1.54) is 21.9 Å². The fraction of sp³-hybridized carbons (Fsp3) is 0.412.